The van der Waals surface area contributed by atoms with Crippen LogP contribution < -0.4 is 5.73 Å². The van der Waals surface area contributed by atoms with Crippen LogP contribution >= 0.6 is 0 Å². The topological polar surface area (TPSA) is 82.3 Å². The van der Waals surface area contributed by atoms with E-state index in [1.54, 1.807) is 4.90 Å². The molecule has 1 fully saturated rings. The lowest BCUT2D eigenvalue weighted by Crippen LogP contribution is -2.38. The van der Waals surface area contributed by atoms with E-state index < -0.39 is 23.8 Å². The fraction of sp³-hybridized carbons (Fsp3) is 0.318. The average Bonchev–Trinajstić information content (AvgIpc) is 3.10. The molecule has 3 aromatic rings. The molecule has 1 amide bonds. The van der Waals surface area contributed by atoms with E-state index in [4.69, 9.17) is 5.73 Å². The van der Waals surface area contributed by atoms with Crippen LogP contribution in [0, 0.1) is 5.82 Å². The first kappa shape index (κ1) is 21.3. The summed E-state index contributed by atoms with van der Waals surface area (Å²) in [5.41, 5.74) is 5.55. The van der Waals surface area contributed by atoms with Gasteiger partial charge in [0.25, 0.3) is 0 Å². The zero-order chi connectivity index (χ0) is 22.5. The van der Waals surface area contributed by atoms with Gasteiger partial charge >= 0.3 is 6.18 Å². The molecule has 0 radical (unpaired) electrons. The van der Waals surface area contributed by atoms with Crippen LogP contribution in [0.3, 0.4) is 0 Å². The van der Waals surface area contributed by atoms with E-state index in [1.165, 1.54) is 12.1 Å². The van der Waals surface area contributed by atoms with Crippen molar-refractivity contribution in [1.29, 1.82) is 0 Å². The Balaban J connectivity index is 1.96. The first-order valence-electron chi connectivity index (χ1n) is 9.81. The molecule has 0 aliphatic carbocycles. The molecule has 2 unspecified atom stereocenters. The van der Waals surface area contributed by atoms with Crippen LogP contribution in [-0.2, 0) is 11.0 Å². The number of fused-ring (bicyclic) bond motifs is 3. The van der Waals surface area contributed by atoms with Crippen molar-refractivity contribution in [2.24, 2.45) is 5.73 Å². The van der Waals surface area contributed by atoms with Gasteiger partial charge in [0.05, 0.1) is 11.1 Å². The van der Waals surface area contributed by atoms with Crippen LogP contribution in [0.15, 0.2) is 36.9 Å². The lowest BCUT2D eigenvalue weighted by atomic mass is 9.86. The molecule has 2 aromatic carbocycles. The molecular formula is C22H21F4N3O2. The summed E-state index contributed by atoms with van der Waals surface area (Å²) < 4.78 is 54.9. The second-order valence-corrected chi connectivity index (χ2v) is 7.77. The SMILES string of the molecule is C=CC(=O)N1CCCC(c2c(F)cc(C(N)O)c3[nH]c4cc(C(F)(F)F)ccc4c23)C1. The molecule has 1 aliphatic rings. The Morgan fingerprint density at radius 3 is 2.74 bits per heavy atom. The average molecular weight is 435 g/mol. The minimum atomic E-state index is -4.54. The summed E-state index contributed by atoms with van der Waals surface area (Å²) >= 11 is 0. The number of aliphatic hydroxyl groups excluding tert-OH is 1. The molecule has 0 saturated carbocycles. The van der Waals surface area contributed by atoms with Crippen LogP contribution in [-0.4, -0.2) is 34.0 Å². The monoisotopic (exact) mass is 435 g/mol. The number of piperidine rings is 1. The number of nitrogens with one attached hydrogen (secondary N) is 1. The number of likely N-dealkylation sites (tertiary alicyclic amines) is 1. The molecule has 1 saturated heterocycles. The van der Waals surface area contributed by atoms with Gasteiger partial charge in [-0.15, -0.1) is 0 Å². The van der Waals surface area contributed by atoms with Crippen molar-refractivity contribution in [1.82, 2.24) is 9.88 Å². The lowest BCUT2D eigenvalue weighted by Gasteiger charge is -2.33. The summed E-state index contributed by atoms with van der Waals surface area (Å²) in [4.78, 5) is 16.5. The summed E-state index contributed by atoms with van der Waals surface area (Å²) in [7, 11) is 0. The molecule has 1 aliphatic heterocycles. The van der Waals surface area contributed by atoms with Crippen LogP contribution in [0.1, 0.15) is 41.7 Å². The minimum Gasteiger partial charge on any atom is -0.374 e. The zero-order valence-electron chi connectivity index (χ0n) is 16.5. The van der Waals surface area contributed by atoms with Crippen LogP contribution in [0.2, 0.25) is 0 Å². The van der Waals surface area contributed by atoms with E-state index in [0.29, 0.717) is 35.7 Å². The normalized spacial score (nSPS) is 18.5. The first-order chi connectivity index (χ1) is 14.6. The van der Waals surface area contributed by atoms with Gasteiger partial charge in [-0.1, -0.05) is 12.6 Å². The number of benzene rings is 2. The highest BCUT2D eigenvalue weighted by molar-refractivity contribution is 6.10. The Labute approximate surface area is 175 Å². The van der Waals surface area contributed by atoms with Crippen LogP contribution in [0.4, 0.5) is 17.6 Å². The second-order valence-electron chi connectivity index (χ2n) is 7.77. The number of aromatic amines is 1. The highest BCUT2D eigenvalue weighted by atomic mass is 19.4. The number of halogens is 4. The Kier molecular flexibility index (Phi) is 5.26. The van der Waals surface area contributed by atoms with E-state index in [0.717, 1.165) is 18.2 Å². The van der Waals surface area contributed by atoms with Gasteiger partial charge in [0.2, 0.25) is 5.91 Å². The van der Waals surface area contributed by atoms with E-state index in [2.05, 4.69) is 11.6 Å². The van der Waals surface area contributed by atoms with Gasteiger partial charge in [0.1, 0.15) is 12.0 Å². The zero-order valence-corrected chi connectivity index (χ0v) is 16.5. The molecule has 9 heteroatoms. The molecule has 2 atom stereocenters. The van der Waals surface area contributed by atoms with Gasteiger partial charge in [-0.25, -0.2) is 4.39 Å². The molecule has 5 nitrogen and oxygen atoms in total. The largest absolute Gasteiger partial charge is 0.416 e. The van der Waals surface area contributed by atoms with E-state index in [-0.39, 0.29) is 35.0 Å². The number of nitrogens with zero attached hydrogens (tertiary/aromatic N) is 1. The molecule has 164 valence electrons. The molecule has 1 aromatic heterocycles. The number of aromatic nitrogens is 1. The molecular weight excluding hydrogens is 414 g/mol. The van der Waals surface area contributed by atoms with Crippen LogP contribution in [0.5, 0.6) is 0 Å². The predicted octanol–water partition coefficient (Wildman–Crippen LogP) is 4.32. The molecule has 0 spiro atoms. The number of hydrogen-bond donors (Lipinski definition) is 3. The number of nitrogens with two attached hydrogens (primary N) is 1. The van der Waals surface area contributed by atoms with Crippen LogP contribution in [0.25, 0.3) is 21.8 Å². The number of aliphatic hydroxyl groups is 1. The first-order valence-corrected chi connectivity index (χ1v) is 9.81. The number of rotatable bonds is 3. The maximum Gasteiger partial charge on any atom is 0.416 e. The quantitative estimate of drug-likeness (QED) is 0.326. The van der Waals surface area contributed by atoms with E-state index >= 15 is 4.39 Å². The summed E-state index contributed by atoms with van der Waals surface area (Å²) in [5, 5.41) is 10.7. The summed E-state index contributed by atoms with van der Waals surface area (Å²) in [6.07, 6.45) is -3.61. The van der Waals surface area contributed by atoms with Crippen molar-refractivity contribution in [3.63, 3.8) is 0 Å². The van der Waals surface area contributed by atoms with Crippen molar-refractivity contribution in [3.05, 3.63) is 59.4 Å². The van der Waals surface area contributed by atoms with Gasteiger partial charge < -0.3 is 20.7 Å². The molecule has 2 heterocycles. The smallest absolute Gasteiger partial charge is 0.374 e. The third-order valence-electron chi connectivity index (χ3n) is 5.86. The summed E-state index contributed by atoms with van der Waals surface area (Å²) in [6.45, 7) is 4.27. The second kappa shape index (κ2) is 7.65. The van der Waals surface area contributed by atoms with Crippen molar-refractivity contribution in [3.8, 4) is 0 Å². The van der Waals surface area contributed by atoms with Crippen molar-refractivity contribution in [2.75, 3.05) is 13.1 Å². The third-order valence-corrected chi connectivity index (χ3v) is 5.86. The van der Waals surface area contributed by atoms with Gasteiger partial charge in [-0.2, -0.15) is 13.2 Å². The summed E-state index contributed by atoms with van der Waals surface area (Å²) in [5.74, 6) is -1.25. The minimum absolute atomic E-state index is 0.0517. The van der Waals surface area contributed by atoms with Gasteiger partial charge in [0.15, 0.2) is 0 Å². The third kappa shape index (κ3) is 3.68. The Morgan fingerprint density at radius 1 is 1.35 bits per heavy atom. The highest BCUT2D eigenvalue weighted by Crippen LogP contribution is 2.41. The standard InChI is InChI=1S/C22H21F4N3O2/c1-2-17(30)29-7-3-4-11(10-29)18-15(23)9-14(21(27)31)20-19(18)13-6-5-12(22(24,25)26)8-16(13)28-20/h2,5-6,8-9,11,21,28,31H,1,3-4,7,10,27H2. The van der Waals surface area contributed by atoms with E-state index in [9.17, 15) is 23.1 Å². The fourth-order valence-corrected chi connectivity index (χ4v) is 4.45. The summed E-state index contributed by atoms with van der Waals surface area (Å²) in [6, 6.07) is 4.30. The molecule has 4 rings (SSSR count). The van der Waals surface area contributed by atoms with E-state index in [1.807, 2.05) is 0 Å². The Morgan fingerprint density at radius 2 is 2.10 bits per heavy atom. The van der Waals surface area contributed by atoms with Gasteiger partial charge in [-0.3, -0.25) is 4.79 Å². The number of alkyl halides is 3. The van der Waals surface area contributed by atoms with Gasteiger partial charge in [0, 0.05) is 46.4 Å². The predicted molar refractivity (Wildman–Crippen MR) is 109 cm³/mol. The number of carbonyl (C=O) groups excluding carboxylic acids is 1. The van der Waals surface area contributed by atoms with Crippen molar-refractivity contribution in [2.45, 2.75) is 31.2 Å². The molecule has 0 bridgehead atoms. The maximum absolute atomic E-state index is 15.3. The van der Waals surface area contributed by atoms with Crippen molar-refractivity contribution >= 4 is 27.7 Å². The Bertz CT molecular complexity index is 1180. The number of carbonyl (C=O) groups is 1. The number of H-pyrrole nitrogens is 1. The highest BCUT2D eigenvalue weighted by Gasteiger charge is 2.33. The van der Waals surface area contributed by atoms with Gasteiger partial charge in [-0.05, 0) is 37.1 Å². The lowest BCUT2D eigenvalue weighted by molar-refractivity contribution is -0.137. The Hall–Kier alpha value is -2.91. The maximum atomic E-state index is 15.3. The number of hydrogen-bond acceptors (Lipinski definition) is 3. The molecule has 31 heavy (non-hydrogen) atoms. The number of amides is 1. The molecule has 4 N–H and O–H groups in total. The fourth-order valence-electron chi connectivity index (χ4n) is 4.45. The van der Waals surface area contributed by atoms with Crippen molar-refractivity contribution < 1.29 is 27.5 Å².